The van der Waals surface area contributed by atoms with Crippen molar-refractivity contribution in [2.24, 2.45) is 5.73 Å². The summed E-state index contributed by atoms with van der Waals surface area (Å²) in [6.07, 6.45) is -0.261. The number of piperazine rings is 1. The van der Waals surface area contributed by atoms with Crippen LogP contribution in [0.3, 0.4) is 0 Å². The van der Waals surface area contributed by atoms with E-state index in [0.29, 0.717) is 44.8 Å². The predicted octanol–water partition coefficient (Wildman–Crippen LogP) is 1.13. The van der Waals surface area contributed by atoms with E-state index in [1.165, 1.54) is 11.0 Å². The van der Waals surface area contributed by atoms with Crippen LogP contribution in [0.4, 0.5) is 14.9 Å². The highest BCUT2D eigenvalue weighted by molar-refractivity contribution is 5.65. The van der Waals surface area contributed by atoms with Crippen LogP contribution in [-0.4, -0.2) is 48.8 Å². The number of amides is 1. The van der Waals surface area contributed by atoms with E-state index in [-0.39, 0.29) is 5.82 Å². The Hall–Kier alpha value is -1.82. The first kappa shape index (κ1) is 13.6. The van der Waals surface area contributed by atoms with Crippen molar-refractivity contribution in [1.29, 1.82) is 0 Å². The quantitative estimate of drug-likeness (QED) is 0.861. The largest absolute Gasteiger partial charge is 0.465 e. The molecular weight excluding hydrogens is 249 g/mol. The number of nitrogens with zero attached hydrogens (tertiary/aromatic N) is 2. The third kappa shape index (κ3) is 3.14. The molecule has 1 aromatic carbocycles. The van der Waals surface area contributed by atoms with E-state index in [1.807, 2.05) is 11.0 Å². The zero-order valence-electron chi connectivity index (χ0n) is 10.7. The molecule has 6 heteroatoms. The third-order valence-electron chi connectivity index (χ3n) is 3.34. The summed E-state index contributed by atoms with van der Waals surface area (Å²) < 4.78 is 14.0. The van der Waals surface area contributed by atoms with Gasteiger partial charge in [0.2, 0.25) is 0 Å². The lowest BCUT2D eigenvalue weighted by Crippen LogP contribution is -2.48. The lowest BCUT2D eigenvalue weighted by molar-refractivity contribution is 0.142. The van der Waals surface area contributed by atoms with E-state index in [4.69, 9.17) is 10.8 Å². The van der Waals surface area contributed by atoms with Gasteiger partial charge in [-0.1, -0.05) is 6.07 Å². The number of hydrogen-bond acceptors (Lipinski definition) is 3. The average molecular weight is 267 g/mol. The molecule has 2 rings (SSSR count). The SMILES string of the molecule is NCCc1ccc(N2CCN(C(=O)O)CC2)c(F)c1. The summed E-state index contributed by atoms with van der Waals surface area (Å²) in [5, 5.41) is 8.87. The summed E-state index contributed by atoms with van der Waals surface area (Å²) in [5.74, 6) is -0.269. The van der Waals surface area contributed by atoms with Crippen LogP contribution in [0.25, 0.3) is 0 Å². The van der Waals surface area contributed by atoms with Gasteiger partial charge < -0.3 is 20.6 Å². The van der Waals surface area contributed by atoms with Gasteiger partial charge in [0.25, 0.3) is 0 Å². The summed E-state index contributed by atoms with van der Waals surface area (Å²) in [7, 11) is 0. The minimum absolute atomic E-state index is 0.269. The first-order valence-electron chi connectivity index (χ1n) is 6.33. The van der Waals surface area contributed by atoms with Gasteiger partial charge in [0.1, 0.15) is 5.82 Å². The molecule has 5 nitrogen and oxygen atoms in total. The molecule has 1 aromatic rings. The Kier molecular flexibility index (Phi) is 4.21. The van der Waals surface area contributed by atoms with Gasteiger partial charge in [-0.15, -0.1) is 0 Å². The van der Waals surface area contributed by atoms with Crippen molar-refractivity contribution in [1.82, 2.24) is 4.90 Å². The third-order valence-corrected chi connectivity index (χ3v) is 3.34. The molecule has 1 heterocycles. The van der Waals surface area contributed by atoms with Crippen molar-refractivity contribution < 1.29 is 14.3 Å². The number of halogens is 1. The van der Waals surface area contributed by atoms with Gasteiger partial charge in [-0.3, -0.25) is 0 Å². The molecule has 1 amide bonds. The molecule has 1 saturated heterocycles. The highest BCUT2D eigenvalue weighted by atomic mass is 19.1. The maximum absolute atomic E-state index is 14.0. The second kappa shape index (κ2) is 5.88. The second-order valence-corrected chi connectivity index (χ2v) is 4.58. The normalized spacial score (nSPS) is 15.7. The predicted molar refractivity (Wildman–Crippen MR) is 71.0 cm³/mol. The van der Waals surface area contributed by atoms with E-state index in [1.54, 1.807) is 6.07 Å². The van der Waals surface area contributed by atoms with Crippen LogP contribution in [0.5, 0.6) is 0 Å². The molecular formula is C13H18FN3O2. The van der Waals surface area contributed by atoms with Crippen LogP contribution in [0.1, 0.15) is 5.56 Å². The Bertz CT molecular complexity index is 459. The smallest absolute Gasteiger partial charge is 0.407 e. The fourth-order valence-electron chi connectivity index (χ4n) is 2.27. The number of hydrogen-bond donors (Lipinski definition) is 2. The molecule has 0 saturated carbocycles. The first-order valence-corrected chi connectivity index (χ1v) is 6.33. The Morgan fingerprint density at radius 1 is 1.32 bits per heavy atom. The van der Waals surface area contributed by atoms with E-state index in [2.05, 4.69) is 0 Å². The van der Waals surface area contributed by atoms with Crippen molar-refractivity contribution in [2.75, 3.05) is 37.6 Å². The molecule has 0 atom stereocenters. The van der Waals surface area contributed by atoms with Gasteiger partial charge in [-0.2, -0.15) is 0 Å². The monoisotopic (exact) mass is 267 g/mol. The highest BCUT2D eigenvalue weighted by Gasteiger charge is 2.22. The molecule has 0 aliphatic carbocycles. The minimum Gasteiger partial charge on any atom is -0.465 e. The number of rotatable bonds is 3. The molecule has 0 aromatic heterocycles. The van der Waals surface area contributed by atoms with E-state index in [0.717, 1.165) is 5.56 Å². The maximum Gasteiger partial charge on any atom is 0.407 e. The molecule has 0 spiro atoms. The Morgan fingerprint density at radius 2 is 2.00 bits per heavy atom. The lowest BCUT2D eigenvalue weighted by atomic mass is 10.1. The number of carbonyl (C=O) groups is 1. The molecule has 0 unspecified atom stereocenters. The highest BCUT2D eigenvalue weighted by Crippen LogP contribution is 2.22. The number of carboxylic acid groups (broad SMARTS) is 1. The van der Waals surface area contributed by atoms with Crippen LogP contribution in [0.2, 0.25) is 0 Å². The van der Waals surface area contributed by atoms with Crippen molar-refractivity contribution in [3.05, 3.63) is 29.6 Å². The van der Waals surface area contributed by atoms with Crippen LogP contribution in [-0.2, 0) is 6.42 Å². The van der Waals surface area contributed by atoms with Crippen molar-refractivity contribution in [3.63, 3.8) is 0 Å². The maximum atomic E-state index is 14.0. The van der Waals surface area contributed by atoms with Crippen molar-refractivity contribution in [3.8, 4) is 0 Å². The van der Waals surface area contributed by atoms with Gasteiger partial charge in [0, 0.05) is 26.2 Å². The summed E-state index contributed by atoms with van der Waals surface area (Å²) in [4.78, 5) is 14.0. The summed E-state index contributed by atoms with van der Waals surface area (Å²) in [6.45, 7) is 2.33. The van der Waals surface area contributed by atoms with Crippen molar-refractivity contribution >= 4 is 11.8 Å². The zero-order valence-corrected chi connectivity index (χ0v) is 10.7. The average Bonchev–Trinajstić information content (AvgIpc) is 2.39. The lowest BCUT2D eigenvalue weighted by Gasteiger charge is -2.34. The molecule has 0 radical (unpaired) electrons. The first-order chi connectivity index (χ1) is 9.11. The second-order valence-electron chi connectivity index (χ2n) is 4.58. The topological polar surface area (TPSA) is 69.8 Å². The summed E-state index contributed by atoms with van der Waals surface area (Å²) >= 11 is 0. The molecule has 1 aliphatic heterocycles. The number of benzene rings is 1. The molecule has 19 heavy (non-hydrogen) atoms. The van der Waals surface area contributed by atoms with Gasteiger partial charge in [0.15, 0.2) is 0 Å². The van der Waals surface area contributed by atoms with Gasteiger partial charge in [-0.05, 0) is 30.7 Å². The van der Waals surface area contributed by atoms with E-state index in [9.17, 15) is 9.18 Å². The summed E-state index contributed by atoms with van der Waals surface area (Å²) in [5.41, 5.74) is 6.86. The fraction of sp³-hybridized carbons (Fsp3) is 0.462. The van der Waals surface area contributed by atoms with Gasteiger partial charge in [0.05, 0.1) is 5.69 Å². The van der Waals surface area contributed by atoms with Gasteiger partial charge >= 0.3 is 6.09 Å². The molecule has 1 aliphatic rings. The molecule has 0 bridgehead atoms. The number of anilines is 1. The zero-order chi connectivity index (χ0) is 13.8. The Morgan fingerprint density at radius 3 is 2.53 bits per heavy atom. The molecule has 1 fully saturated rings. The van der Waals surface area contributed by atoms with E-state index < -0.39 is 6.09 Å². The Balaban J connectivity index is 2.05. The van der Waals surface area contributed by atoms with Crippen LogP contribution in [0.15, 0.2) is 18.2 Å². The van der Waals surface area contributed by atoms with Crippen LogP contribution < -0.4 is 10.6 Å². The molecule has 104 valence electrons. The summed E-state index contributed by atoms with van der Waals surface area (Å²) in [6, 6.07) is 5.12. The fourth-order valence-corrected chi connectivity index (χ4v) is 2.27. The minimum atomic E-state index is -0.918. The van der Waals surface area contributed by atoms with Crippen LogP contribution in [0, 0.1) is 5.82 Å². The number of nitrogens with two attached hydrogens (primary N) is 1. The van der Waals surface area contributed by atoms with E-state index >= 15 is 0 Å². The standard InChI is InChI=1S/C13H18FN3O2/c14-11-9-10(3-4-15)1-2-12(11)16-5-7-17(8-6-16)13(18)19/h1-2,9H,3-8,15H2,(H,18,19). The van der Waals surface area contributed by atoms with Crippen LogP contribution >= 0.6 is 0 Å². The van der Waals surface area contributed by atoms with Gasteiger partial charge in [-0.25, -0.2) is 9.18 Å². The van der Waals surface area contributed by atoms with Crippen molar-refractivity contribution in [2.45, 2.75) is 6.42 Å². The Labute approximate surface area is 111 Å². The molecule has 3 N–H and O–H groups in total.